The molecule has 1 aliphatic heterocycles. The van der Waals surface area contributed by atoms with E-state index < -0.39 is 27.2 Å². The summed E-state index contributed by atoms with van der Waals surface area (Å²) in [6.07, 6.45) is 3.79. The van der Waals surface area contributed by atoms with Crippen molar-refractivity contribution < 1.29 is 17.2 Å². The largest absolute Gasteiger partial charge is 0.350 e. The normalized spacial score (nSPS) is 16.2. The highest BCUT2D eigenvalue weighted by atomic mass is 32.2. The molecule has 0 bridgehead atoms. The van der Waals surface area contributed by atoms with Gasteiger partial charge in [0.05, 0.1) is 17.0 Å². The van der Waals surface area contributed by atoms with E-state index >= 15 is 4.39 Å². The van der Waals surface area contributed by atoms with Crippen LogP contribution in [0.1, 0.15) is 24.0 Å². The van der Waals surface area contributed by atoms with Gasteiger partial charge < -0.3 is 10.6 Å². The van der Waals surface area contributed by atoms with Gasteiger partial charge in [-0.2, -0.15) is 0 Å². The van der Waals surface area contributed by atoms with E-state index in [1.807, 2.05) is 0 Å². The van der Waals surface area contributed by atoms with E-state index in [1.165, 1.54) is 12.1 Å². The van der Waals surface area contributed by atoms with Gasteiger partial charge in [-0.3, -0.25) is 0 Å². The van der Waals surface area contributed by atoms with Crippen molar-refractivity contribution in [1.29, 1.82) is 0 Å². The topological polar surface area (TPSA) is 84.0 Å². The fraction of sp³-hybridized carbons (Fsp3) is 0.259. The highest BCUT2D eigenvalue weighted by molar-refractivity contribution is 7.89. The van der Waals surface area contributed by atoms with E-state index in [0.29, 0.717) is 28.0 Å². The summed E-state index contributed by atoms with van der Waals surface area (Å²) < 4.78 is 55.1. The second-order valence-corrected chi connectivity index (χ2v) is 11.1. The molecule has 0 amide bonds. The number of rotatable bonds is 7. The molecule has 2 heterocycles. The molecule has 1 aromatic heterocycles. The zero-order valence-corrected chi connectivity index (χ0v) is 20.4. The van der Waals surface area contributed by atoms with Gasteiger partial charge in [-0.25, -0.2) is 27.2 Å². The van der Waals surface area contributed by atoms with Gasteiger partial charge in [0.15, 0.2) is 21.5 Å². The van der Waals surface area contributed by atoms with Crippen LogP contribution >= 0.6 is 0 Å². The SMILES string of the molecule is O=S(=O)(Cc1ccccc1)Cc1ccc(-c2ccc3nc(N[C@H]4CCCNC4)ncc3c2)c(F)c1F. The van der Waals surface area contributed by atoms with Crippen molar-refractivity contribution in [2.45, 2.75) is 30.4 Å². The number of fused-ring (bicyclic) bond motifs is 1. The van der Waals surface area contributed by atoms with Crippen LogP contribution in [0.4, 0.5) is 14.7 Å². The molecule has 9 heteroatoms. The predicted octanol–water partition coefficient (Wildman–Crippen LogP) is 4.85. The summed E-state index contributed by atoms with van der Waals surface area (Å²) in [5.41, 5.74) is 1.60. The Bertz CT molecular complexity index is 1490. The zero-order chi connectivity index (χ0) is 25.1. The third-order valence-corrected chi connectivity index (χ3v) is 7.81. The lowest BCUT2D eigenvalue weighted by molar-refractivity contribution is 0.478. The monoisotopic (exact) mass is 508 g/mol. The van der Waals surface area contributed by atoms with Gasteiger partial charge in [0.2, 0.25) is 5.95 Å². The first kappa shape index (κ1) is 24.3. The minimum Gasteiger partial charge on any atom is -0.350 e. The molecule has 4 aromatic rings. The van der Waals surface area contributed by atoms with Crippen LogP contribution in [0.3, 0.4) is 0 Å². The van der Waals surface area contributed by atoms with Gasteiger partial charge in [0.1, 0.15) is 0 Å². The highest BCUT2D eigenvalue weighted by Gasteiger charge is 2.21. The molecule has 0 radical (unpaired) electrons. The van der Waals surface area contributed by atoms with Crippen LogP contribution < -0.4 is 10.6 Å². The molecule has 2 N–H and O–H groups in total. The summed E-state index contributed by atoms with van der Waals surface area (Å²) in [6.45, 7) is 1.87. The lowest BCUT2D eigenvalue weighted by Gasteiger charge is -2.23. The molecule has 1 aliphatic rings. The molecule has 0 saturated carbocycles. The van der Waals surface area contributed by atoms with E-state index in [0.717, 1.165) is 25.9 Å². The van der Waals surface area contributed by atoms with E-state index in [4.69, 9.17) is 0 Å². The minimum absolute atomic E-state index is 0.0501. The van der Waals surface area contributed by atoms with Gasteiger partial charge in [-0.1, -0.05) is 48.5 Å². The lowest BCUT2D eigenvalue weighted by atomic mass is 10.0. The van der Waals surface area contributed by atoms with Crippen LogP contribution in [-0.2, 0) is 21.3 Å². The Kier molecular flexibility index (Phi) is 6.93. The average Bonchev–Trinajstić information content (AvgIpc) is 2.87. The van der Waals surface area contributed by atoms with Gasteiger partial charge in [0.25, 0.3) is 0 Å². The van der Waals surface area contributed by atoms with Crippen molar-refractivity contribution in [2.24, 2.45) is 0 Å². The van der Waals surface area contributed by atoms with Crippen LogP contribution in [0.15, 0.2) is 66.9 Å². The molecule has 6 nitrogen and oxygen atoms in total. The Labute approximate surface area is 208 Å². The number of sulfone groups is 1. The summed E-state index contributed by atoms with van der Waals surface area (Å²) in [5, 5.41) is 7.36. The quantitative estimate of drug-likeness (QED) is 0.371. The van der Waals surface area contributed by atoms with Crippen molar-refractivity contribution >= 4 is 26.7 Å². The zero-order valence-electron chi connectivity index (χ0n) is 19.5. The number of nitrogens with zero attached hydrogens (tertiary/aromatic N) is 2. The molecule has 0 aliphatic carbocycles. The molecule has 186 valence electrons. The van der Waals surface area contributed by atoms with Crippen molar-refractivity contribution in [3.8, 4) is 11.1 Å². The maximum atomic E-state index is 15.1. The summed E-state index contributed by atoms with van der Waals surface area (Å²) in [4.78, 5) is 8.93. The van der Waals surface area contributed by atoms with Crippen LogP contribution in [0.25, 0.3) is 22.0 Å². The first-order valence-corrected chi connectivity index (χ1v) is 13.7. The fourth-order valence-corrected chi connectivity index (χ4v) is 5.97. The number of anilines is 1. The van der Waals surface area contributed by atoms with Gasteiger partial charge in [-0.05, 0) is 42.6 Å². The van der Waals surface area contributed by atoms with Crippen molar-refractivity contribution in [2.75, 3.05) is 18.4 Å². The lowest BCUT2D eigenvalue weighted by Crippen LogP contribution is -2.38. The number of nitrogens with one attached hydrogen (secondary N) is 2. The van der Waals surface area contributed by atoms with Gasteiger partial charge in [-0.15, -0.1) is 0 Å². The number of piperidine rings is 1. The predicted molar refractivity (Wildman–Crippen MR) is 137 cm³/mol. The number of aromatic nitrogens is 2. The summed E-state index contributed by atoms with van der Waals surface area (Å²) in [7, 11) is -3.68. The van der Waals surface area contributed by atoms with E-state index in [2.05, 4.69) is 20.6 Å². The molecule has 0 unspecified atom stereocenters. The smallest absolute Gasteiger partial charge is 0.223 e. The number of hydrogen-bond donors (Lipinski definition) is 2. The molecule has 1 fully saturated rings. The number of halogens is 2. The van der Waals surface area contributed by atoms with E-state index in [9.17, 15) is 12.8 Å². The van der Waals surface area contributed by atoms with Crippen LogP contribution in [0.2, 0.25) is 0 Å². The summed E-state index contributed by atoms with van der Waals surface area (Å²) in [6, 6.07) is 16.8. The van der Waals surface area contributed by atoms with Crippen molar-refractivity contribution in [1.82, 2.24) is 15.3 Å². The molecular weight excluding hydrogens is 482 g/mol. The minimum atomic E-state index is -3.68. The molecular formula is C27H26F2N4O2S. The first-order chi connectivity index (χ1) is 17.4. The Morgan fingerprint density at radius 1 is 1.00 bits per heavy atom. The Morgan fingerprint density at radius 2 is 1.83 bits per heavy atom. The van der Waals surface area contributed by atoms with Gasteiger partial charge in [0, 0.05) is 35.3 Å². The van der Waals surface area contributed by atoms with Crippen LogP contribution in [0.5, 0.6) is 0 Å². The standard InChI is InChI=1S/C27H26F2N4O2S/c28-25-20(17-36(34,35)16-18-5-2-1-3-6-18)8-10-23(26(25)29)19-9-11-24-21(13-19)14-31-27(33-24)32-22-7-4-12-30-15-22/h1-3,5-6,8-11,13-14,22,30H,4,7,12,15-17H2,(H,31,32,33)/t22-/m0/s1. The Balaban J connectivity index is 1.36. The van der Waals surface area contributed by atoms with Crippen molar-refractivity contribution in [3.05, 3.63) is 89.6 Å². The highest BCUT2D eigenvalue weighted by Crippen LogP contribution is 2.30. The van der Waals surface area contributed by atoms with Gasteiger partial charge >= 0.3 is 0 Å². The average molecular weight is 509 g/mol. The second-order valence-electron chi connectivity index (χ2n) is 9.07. The molecule has 3 aromatic carbocycles. The molecule has 1 saturated heterocycles. The third kappa shape index (κ3) is 5.52. The van der Waals surface area contributed by atoms with Crippen molar-refractivity contribution in [3.63, 3.8) is 0 Å². The second kappa shape index (κ2) is 10.3. The maximum absolute atomic E-state index is 15.1. The first-order valence-electron chi connectivity index (χ1n) is 11.8. The van der Waals surface area contributed by atoms with E-state index in [-0.39, 0.29) is 22.9 Å². The summed E-state index contributed by atoms with van der Waals surface area (Å²) >= 11 is 0. The molecule has 0 spiro atoms. The molecule has 5 rings (SSSR count). The molecule has 36 heavy (non-hydrogen) atoms. The fourth-order valence-electron chi connectivity index (χ4n) is 4.47. The van der Waals surface area contributed by atoms with Crippen LogP contribution in [-0.4, -0.2) is 37.5 Å². The Hall–Kier alpha value is -3.43. The van der Waals surface area contributed by atoms with E-state index in [1.54, 1.807) is 54.7 Å². The van der Waals surface area contributed by atoms with Crippen LogP contribution in [0, 0.1) is 11.6 Å². The Morgan fingerprint density at radius 3 is 2.61 bits per heavy atom. The summed E-state index contributed by atoms with van der Waals surface area (Å²) in [5.74, 6) is -2.52. The number of benzene rings is 3. The maximum Gasteiger partial charge on any atom is 0.223 e. The number of hydrogen-bond acceptors (Lipinski definition) is 6. The third-order valence-electron chi connectivity index (χ3n) is 6.29. The molecule has 1 atom stereocenters.